The van der Waals surface area contributed by atoms with E-state index in [1.807, 2.05) is 40.3 Å². The Kier molecular flexibility index (Phi) is 5.63. The zero-order chi connectivity index (χ0) is 25.7. The highest BCUT2D eigenvalue weighted by molar-refractivity contribution is 5.96. The van der Waals surface area contributed by atoms with Crippen LogP contribution in [0.25, 0.3) is 22.0 Å². The van der Waals surface area contributed by atoms with E-state index in [2.05, 4.69) is 70.0 Å². The van der Waals surface area contributed by atoms with Crippen LogP contribution in [0.3, 0.4) is 0 Å². The quantitative estimate of drug-likeness (QED) is 0.340. The molecular weight excluding hydrogens is 450 g/mol. The maximum atomic E-state index is 11.3. The minimum Gasteiger partial charge on any atom is -0.378 e. The number of allylic oxidation sites excluding steroid dienone is 1. The first-order valence-electron chi connectivity index (χ1n) is 11.9. The highest BCUT2D eigenvalue weighted by Crippen LogP contribution is 2.35. The van der Waals surface area contributed by atoms with Crippen molar-refractivity contribution in [2.24, 2.45) is 0 Å². The number of nitro groups is 1. The number of fused-ring (bicyclic) bond motifs is 2. The molecule has 0 saturated carbocycles. The largest absolute Gasteiger partial charge is 0.378 e. The summed E-state index contributed by atoms with van der Waals surface area (Å²) in [6.45, 7) is 4.24. The van der Waals surface area contributed by atoms with E-state index >= 15 is 0 Å². The van der Waals surface area contributed by atoms with Gasteiger partial charge in [-0.1, -0.05) is 6.07 Å². The zero-order valence-electron chi connectivity index (χ0n) is 21.4. The van der Waals surface area contributed by atoms with Crippen LogP contribution in [0.4, 0.5) is 17.1 Å². The Balaban J connectivity index is 1.81. The van der Waals surface area contributed by atoms with Gasteiger partial charge in [-0.3, -0.25) is 10.1 Å². The minimum absolute atomic E-state index is 0.0751. The molecule has 36 heavy (non-hydrogen) atoms. The molecule has 4 aromatic rings. The van der Waals surface area contributed by atoms with Gasteiger partial charge in [-0.25, -0.2) is 4.99 Å². The molecule has 0 atom stereocenters. The molecule has 0 bridgehead atoms. The van der Waals surface area contributed by atoms with Gasteiger partial charge in [0.15, 0.2) is 0 Å². The SMILES string of the molecule is CC1=c2ccc(N(C)C)cc2=[NH+]C1=C(c1ccc([N+](=O)[O-])cc1)c1[nH]c2cc(N(C)C)ccc2c1C. The van der Waals surface area contributed by atoms with Crippen molar-refractivity contribution in [1.82, 2.24) is 4.98 Å². The minimum atomic E-state index is -0.364. The summed E-state index contributed by atoms with van der Waals surface area (Å²) in [5.74, 6) is 0. The van der Waals surface area contributed by atoms with E-state index in [0.717, 1.165) is 66.5 Å². The lowest BCUT2D eigenvalue weighted by Gasteiger charge is -2.11. The van der Waals surface area contributed by atoms with E-state index in [4.69, 9.17) is 0 Å². The van der Waals surface area contributed by atoms with Gasteiger partial charge in [0.1, 0.15) is 0 Å². The van der Waals surface area contributed by atoms with Crippen LogP contribution in [0.15, 0.2) is 66.4 Å². The predicted octanol–water partition coefficient (Wildman–Crippen LogP) is 2.86. The fourth-order valence-electron chi connectivity index (χ4n) is 4.87. The number of benzene rings is 3. The van der Waals surface area contributed by atoms with Crippen molar-refractivity contribution in [1.29, 1.82) is 0 Å². The summed E-state index contributed by atoms with van der Waals surface area (Å²) in [6, 6.07) is 19.6. The van der Waals surface area contributed by atoms with E-state index in [-0.39, 0.29) is 10.6 Å². The number of H-pyrrole nitrogens is 1. The number of anilines is 2. The van der Waals surface area contributed by atoms with Crippen molar-refractivity contribution in [2.75, 3.05) is 38.0 Å². The second-order valence-electron chi connectivity index (χ2n) is 9.68. The van der Waals surface area contributed by atoms with E-state index < -0.39 is 0 Å². The zero-order valence-corrected chi connectivity index (χ0v) is 21.4. The number of nitrogens with one attached hydrogen (secondary N) is 2. The third kappa shape index (κ3) is 3.82. The molecule has 1 aliphatic heterocycles. The first kappa shape index (κ1) is 23.4. The number of aromatic nitrogens is 1. The summed E-state index contributed by atoms with van der Waals surface area (Å²) >= 11 is 0. The normalized spacial score (nSPS) is 14.0. The van der Waals surface area contributed by atoms with Crippen molar-refractivity contribution in [3.8, 4) is 0 Å². The number of nitro benzene ring substituents is 1. The molecule has 0 aliphatic carbocycles. The van der Waals surface area contributed by atoms with Crippen LogP contribution in [0.1, 0.15) is 23.7 Å². The lowest BCUT2D eigenvalue weighted by atomic mass is 9.95. The summed E-state index contributed by atoms with van der Waals surface area (Å²) in [4.78, 5) is 22.5. The van der Waals surface area contributed by atoms with Gasteiger partial charge in [0.25, 0.3) is 5.69 Å². The molecule has 5 rings (SSSR count). The number of aromatic amines is 1. The molecule has 2 N–H and O–H groups in total. The van der Waals surface area contributed by atoms with Crippen LogP contribution in [-0.4, -0.2) is 38.1 Å². The van der Waals surface area contributed by atoms with Crippen LogP contribution in [0.2, 0.25) is 0 Å². The standard InChI is InChI=1S/C29H29N5O2/c1-17-23-13-11-21(32(3)4)15-25(23)30-28(17)27(19-7-9-20(10-8-19)34(35)36)29-18(2)24-14-12-22(33(5)6)16-26(24)31-29/h7-16,30H,1-6H3/p+1. The van der Waals surface area contributed by atoms with Gasteiger partial charge in [-0.15, -0.1) is 0 Å². The van der Waals surface area contributed by atoms with Crippen LogP contribution in [-0.2, 0) is 0 Å². The molecule has 1 aliphatic rings. The summed E-state index contributed by atoms with van der Waals surface area (Å²) in [5, 5.41) is 14.7. The van der Waals surface area contributed by atoms with Gasteiger partial charge in [0.2, 0.25) is 11.1 Å². The lowest BCUT2D eigenvalue weighted by molar-refractivity contribution is -0.431. The summed E-state index contributed by atoms with van der Waals surface area (Å²) in [6.07, 6.45) is 0. The van der Waals surface area contributed by atoms with E-state index in [0.29, 0.717) is 0 Å². The van der Waals surface area contributed by atoms with Crippen LogP contribution >= 0.6 is 0 Å². The molecule has 3 aromatic carbocycles. The highest BCUT2D eigenvalue weighted by Gasteiger charge is 2.27. The maximum absolute atomic E-state index is 11.3. The Morgan fingerprint density at radius 2 is 1.53 bits per heavy atom. The second-order valence-corrected chi connectivity index (χ2v) is 9.68. The average molecular weight is 481 g/mol. The maximum Gasteiger partial charge on any atom is 0.269 e. The summed E-state index contributed by atoms with van der Waals surface area (Å²) in [5.41, 5.74) is 9.52. The average Bonchev–Trinajstić information content (AvgIpc) is 3.35. The molecule has 0 spiro atoms. The molecule has 0 radical (unpaired) electrons. The topological polar surface area (TPSA) is 79.4 Å². The van der Waals surface area contributed by atoms with Crippen molar-refractivity contribution in [2.45, 2.75) is 13.8 Å². The number of non-ortho nitro benzene ring substituents is 1. The molecule has 7 heteroatoms. The van der Waals surface area contributed by atoms with Gasteiger partial charge in [0.05, 0.1) is 21.4 Å². The third-order valence-electron chi connectivity index (χ3n) is 6.98. The number of nitrogens with zero attached hydrogens (tertiary/aromatic N) is 3. The molecule has 0 amide bonds. The highest BCUT2D eigenvalue weighted by atomic mass is 16.6. The molecule has 0 unspecified atom stereocenters. The first-order chi connectivity index (χ1) is 17.2. The fraction of sp³-hybridized carbons (Fsp3) is 0.207. The molecule has 182 valence electrons. The third-order valence-corrected chi connectivity index (χ3v) is 6.98. The van der Waals surface area contributed by atoms with E-state index in [1.165, 1.54) is 0 Å². The molecule has 7 nitrogen and oxygen atoms in total. The number of aryl methyl sites for hydroxylation is 1. The smallest absolute Gasteiger partial charge is 0.269 e. The Morgan fingerprint density at radius 3 is 2.17 bits per heavy atom. The Bertz CT molecular complexity index is 1680. The van der Waals surface area contributed by atoms with Crippen LogP contribution in [0, 0.1) is 17.0 Å². The van der Waals surface area contributed by atoms with Gasteiger partial charge < -0.3 is 14.8 Å². The predicted molar refractivity (Wildman–Crippen MR) is 146 cm³/mol. The van der Waals surface area contributed by atoms with E-state index in [1.54, 1.807) is 12.1 Å². The molecule has 1 aromatic heterocycles. The molecule has 0 fully saturated rings. The molecule has 0 saturated heterocycles. The molecular formula is C29H30N5O2+. The Morgan fingerprint density at radius 1 is 0.889 bits per heavy atom. The second kappa shape index (κ2) is 8.68. The van der Waals surface area contributed by atoms with Crippen molar-refractivity contribution < 1.29 is 9.92 Å². The summed E-state index contributed by atoms with van der Waals surface area (Å²) < 4.78 is 0. The van der Waals surface area contributed by atoms with Crippen molar-refractivity contribution >= 4 is 39.1 Å². The van der Waals surface area contributed by atoms with Gasteiger partial charge in [-0.2, -0.15) is 0 Å². The Labute approximate surface area is 209 Å². The number of hydrogen-bond acceptors (Lipinski definition) is 4. The number of hydrogen-bond donors (Lipinski definition) is 2. The monoisotopic (exact) mass is 480 g/mol. The van der Waals surface area contributed by atoms with Gasteiger partial charge >= 0.3 is 0 Å². The van der Waals surface area contributed by atoms with Crippen LogP contribution < -0.4 is 25.4 Å². The fourth-order valence-corrected chi connectivity index (χ4v) is 4.87. The van der Waals surface area contributed by atoms with E-state index in [9.17, 15) is 10.1 Å². The number of rotatable bonds is 5. The van der Waals surface area contributed by atoms with Crippen molar-refractivity contribution in [3.63, 3.8) is 0 Å². The lowest BCUT2D eigenvalue weighted by Crippen LogP contribution is -2.74. The first-order valence-corrected chi connectivity index (χ1v) is 11.9. The van der Waals surface area contributed by atoms with Crippen LogP contribution in [0.5, 0.6) is 0 Å². The van der Waals surface area contributed by atoms with Crippen molar-refractivity contribution in [3.05, 3.63) is 104 Å². The Hall–Kier alpha value is -4.39. The molecule has 2 heterocycles. The van der Waals surface area contributed by atoms with Gasteiger partial charge in [-0.05, 0) is 61.4 Å². The summed E-state index contributed by atoms with van der Waals surface area (Å²) in [7, 11) is 8.12. The van der Waals surface area contributed by atoms with Gasteiger partial charge in [0, 0.05) is 74.2 Å².